The molecule has 116 valence electrons. The van der Waals surface area contributed by atoms with Crippen molar-refractivity contribution in [3.05, 3.63) is 28.4 Å². The van der Waals surface area contributed by atoms with Gasteiger partial charge in [-0.25, -0.2) is 4.98 Å². The number of hydrogen-bond donors (Lipinski definition) is 2. The zero-order chi connectivity index (χ0) is 15.8. The number of pyridine rings is 1. The Balaban J connectivity index is 2.48. The summed E-state index contributed by atoms with van der Waals surface area (Å²) in [6, 6.07) is 2.73. The first-order chi connectivity index (χ1) is 9.90. The first kappa shape index (κ1) is 16.9. The lowest BCUT2D eigenvalue weighted by molar-refractivity contribution is -0.384. The Hall–Kier alpha value is -2.18. The van der Waals surface area contributed by atoms with Crippen LogP contribution in [0.15, 0.2) is 18.3 Å². The van der Waals surface area contributed by atoms with Gasteiger partial charge in [-0.2, -0.15) is 0 Å². The van der Waals surface area contributed by atoms with E-state index in [0.29, 0.717) is 30.6 Å². The van der Waals surface area contributed by atoms with Gasteiger partial charge in [0.25, 0.3) is 5.69 Å². The fourth-order valence-corrected chi connectivity index (χ4v) is 2.14. The van der Waals surface area contributed by atoms with Gasteiger partial charge in [-0.15, -0.1) is 0 Å². The highest BCUT2D eigenvalue weighted by molar-refractivity contribution is 5.66. The molecule has 0 aliphatic rings. The lowest BCUT2D eigenvalue weighted by Gasteiger charge is -2.20. The number of rotatable bonds is 9. The van der Waals surface area contributed by atoms with Gasteiger partial charge >= 0.3 is 5.97 Å². The van der Waals surface area contributed by atoms with E-state index in [9.17, 15) is 14.9 Å². The maximum Gasteiger partial charge on any atom is 0.303 e. The summed E-state index contributed by atoms with van der Waals surface area (Å²) in [5.41, 5.74) is -0.00112. The van der Waals surface area contributed by atoms with E-state index in [1.165, 1.54) is 18.3 Å². The van der Waals surface area contributed by atoms with Gasteiger partial charge in [-0.05, 0) is 24.7 Å². The molecule has 0 radical (unpaired) electrons. The molecule has 0 saturated carbocycles. The number of nitro groups is 1. The molecule has 0 aromatic carbocycles. The van der Waals surface area contributed by atoms with Crippen molar-refractivity contribution in [1.29, 1.82) is 0 Å². The topological polar surface area (TPSA) is 105 Å². The predicted molar refractivity (Wildman–Crippen MR) is 79.2 cm³/mol. The van der Waals surface area contributed by atoms with E-state index in [2.05, 4.69) is 24.1 Å². The largest absolute Gasteiger partial charge is 0.481 e. The summed E-state index contributed by atoms with van der Waals surface area (Å²) in [6.45, 7) is 4.74. The van der Waals surface area contributed by atoms with Gasteiger partial charge in [0, 0.05) is 25.2 Å². The number of nitrogens with one attached hydrogen (secondary N) is 1. The van der Waals surface area contributed by atoms with Crippen LogP contribution in [-0.2, 0) is 4.79 Å². The molecule has 2 N–H and O–H groups in total. The van der Waals surface area contributed by atoms with Crippen LogP contribution in [0.3, 0.4) is 0 Å². The quantitative estimate of drug-likeness (QED) is 0.536. The Bertz CT molecular complexity index is 491. The third-order valence-electron chi connectivity index (χ3n) is 3.45. The van der Waals surface area contributed by atoms with Crippen molar-refractivity contribution in [2.45, 2.75) is 33.1 Å². The van der Waals surface area contributed by atoms with Gasteiger partial charge < -0.3 is 10.4 Å². The highest BCUT2D eigenvalue weighted by Crippen LogP contribution is 2.21. The molecule has 0 amide bonds. The molecule has 1 aromatic rings. The minimum Gasteiger partial charge on any atom is -0.481 e. The predicted octanol–water partition coefficient (Wildman–Crippen LogP) is 2.93. The van der Waals surface area contributed by atoms with Crippen LogP contribution >= 0.6 is 0 Å². The number of nitrogens with zero attached hydrogens (tertiary/aromatic N) is 2. The molecule has 21 heavy (non-hydrogen) atoms. The first-order valence-electron chi connectivity index (χ1n) is 6.96. The molecule has 7 heteroatoms. The smallest absolute Gasteiger partial charge is 0.303 e. The van der Waals surface area contributed by atoms with Gasteiger partial charge in [-0.1, -0.05) is 13.8 Å². The summed E-state index contributed by atoms with van der Waals surface area (Å²) in [6.07, 6.45) is 3.00. The zero-order valence-electron chi connectivity index (χ0n) is 12.3. The molecule has 0 bridgehead atoms. The minimum absolute atomic E-state index is 0.00112. The molecule has 1 rings (SSSR count). The van der Waals surface area contributed by atoms with Crippen molar-refractivity contribution in [2.75, 3.05) is 11.9 Å². The van der Waals surface area contributed by atoms with Gasteiger partial charge in [0.15, 0.2) is 0 Å². The number of carboxylic acid groups (broad SMARTS) is 1. The number of aliphatic carboxylic acids is 1. The third-order valence-corrected chi connectivity index (χ3v) is 3.45. The van der Waals surface area contributed by atoms with Gasteiger partial charge in [0.2, 0.25) is 0 Å². The van der Waals surface area contributed by atoms with Crippen LogP contribution < -0.4 is 5.32 Å². The maximum atomic E-state index is 10.7. The number of anilines is 1. The van der Waals surface area contributed by atoms with Crippen LogP contribution in [0.5, 0.6) is 0 Å². The van der Waals surface area contributed by atoms with Crippen LogP contribution in [0, 0.1) is 22.0 Å². The Kier molecular flexibility index (Phi) is 6.58. The van der Waals surface area contributed by atoms with E-state index in [1.807, 2.05) is 0 Å². The van der Waals surface area contributed by atoms with Gasteiger partial charge in [-0.3, -0.25) is 14.9 Å². The lowest BCUT2D eigenvalue weighted by atomic mass is 9.88. The van der Waals surface area contributed by atoms with Crippen molar-refractivity contribution in [2.24, 2.45) is 11.8 Å². The van der Waals surface area contributed by atoms with E-state index in [0.717, 1.165) is 6.42 Å². The SMILES string of the molecule is CC(C)C(CCNc1cc([N+](=O)[O-])ccn1)CCC(=O)O. The number of carbonyl (C=O) groups is 1. The fourth-order valence-electron chi connectivity index (χ4n) is 2.14. The molecule has 7 nitrogen and oxygen atoms in total. The Morgan fingerprint density at radius 1 is 1.48 bits per heavy atom. The van der Waals surface area contributed by atoms with Crippen molar-refractivity contribution in [3.8, 4) is 0 Å². The van der Waals surface area contributed by atoms with Gasteiger partial charge in [0.1, 0.15) is 5.82 Å². The summed E-state index contributed by atoms with van der Waals surface area (Å²) in [4.78, 5) is 24.9. The molecule has 0 spiro atoms. The number of aromatic nitrogens is 1. The van der Waals surface area contributed by atoms with Crippen LogP contribution in [0.2, 0.25) is 0 Å². The van der Waals surface area contributed by atoms with Crippen molar-refractivity contribution in [3.63, 3.8) is 0 Å². The average Bonchev–Trinajstić information content (AvgIpc) is 2.42. The highest BCUT2D eigenvalue weighted by Gasteiger charge is 2.15. The number of carboxylic acids is 1. The lowest BCUT2D eigenvalue weighted by Crippen LogP contribution is -2.16. The zero-order valence-corrected chi connectivity index (χ0v) is 12.3. The average molecular weight is 295 g/mol. The second-order valence-corrected chi connectivity index (χ2v) is 5.31. The maximum absolute atomic E-state index is 10.7. The van der Waals surface area contributed by atoms with Crippen LogP contribution in [-0.4, -0.2) is 27.5 Å². The van der Waals surface area contributed by atoms with Crippen molar-refractivity contribution >= 4 is 17.5 Å². The summed E-state index contributed by atoms with van der Waals surface area (Å²) >= 11 is 0. The Morgan fingerprint density at radius 2 is 2.19 bits per heavy atom. The molecule has 0 aliphatic carbocycles. The Labute approximate surface area is 123 Å². The second kappa shape index (κ2) is 8.18. The Morgan fingerprint density at radius 3 is 2.76 bits per heavy atom. The van der Waals surface area contributed by atoms with Crippen LogP contribution in [0.25, 0.3) is 0 Å². The standard InChI is InChI=1S/C14H21N3O4/c1-10(2)11(3-4-14(18)19)5-7-15-13-9-12(17(20)21)6-8-16-13/h6,8-11H,3-5,7H2,1-2H3,(H,15,16)(H,18,19). The molecular weight excluding hydrogens is 274 g/mol. The fraction of sp³-hybridized carbons (Fsp3) is 0.571. The van der Waals surface area contributed by atoms with Crippen LogP contribution in [0.1, 0.15) is 33.1 Å². The molecule has 1 atom stereocenters. The monoisotopic (exact) mass is 295 g/mol. The van der Waals surface area contributed by atoms with E-state index in [4.69, 9.17) is 5.11 Å². The molecule has 0 saturated heterocycles. The van der Waals surface area contributed by atoms with Crippen molar-refractivity contribution < 1.29 is 14.8 Å². The summed E-state index contributed by atoms with van der Waals surface area (Å²) < 4.78 is 0. The molecule has 1 heterocycles. The van der Waals surface area contributed by atoms with Gasteiger partial charge in [0.05, 0.1) is 11.0 Å². The number of hydrogen-bond acceptors (Lipinski definition) is 5. The van der Waals surface area contributed by atoms with E-state index in [-0.39, 0.29) is 12.1 Å². The van der Waals surface area contributed by atoms with Crippen LogP contribution in [0.4, 0.5) is 11.5 Å². The highest BCUT2D eigenvalue weighted by atomic mass is 16.6. The van der Waals surface area contributed by atoms with Crippen molar-refractivity contribution in [1.82, 2.24) is 4.98 Å². The molecule has 1 unspecified atom stereocenters. The molecule has 0 aliphatic heterocycles. The molecule has 0 fully saturated rings. The normalized spacial score (nSPS) is 12.1. The molecular formula is C14H21N3O4. The minimum atomic E-state index is -0.783. The first-order valence-corrected chi connectivity index (χ1v) is 6.96. The van der Waals surface area contributed by atoms with E-state index >= 15 is 0 Å². The summed E-state index contributed by atoms with van der Waals surface area (Å²) in [5, 5.41) is 22.5. The molecule has 1 aromatic heterocycles. The second-order valence-electron chi connectivity index (χ2n) is 5.31. The third kappa shape index (κ3) is 6.20. The van der Waals surface area contributed by atoms with E-state index < -0.39 is 10.9 Å². The summed E-state index contributed by atoms with van der Waals surface area (Å²) in [7, 11) is 0. The summed E-state index contributed by atoms with van der Waals surface area (Å²) in [5.74, 6) is 0.371. The van der Waals surface area contributed by atoms with E-state index in [1.54, 1.807) is 0 Å².